The van der Waals surface area contributed by atoms with Crippen LogP contribution in [-0.4, -0.2) is 13.7 Å². The van der Waals surface area contributed by atoms with Gasteiger partial charge in [0.15, 0.2) is 0 Å². The van der Waals surface area contributed by atoms with Crippen LogP contribution in [0.2, 0.25) is 0 Å². The molecule has 0 saturated heterocycles. The summed E-state index contributed by atoms with van der Waals surface area (Å²) in [5.74, 6) is 0.529. The number of hydrogen-bond donors (Lipinski definition) is 1. The summed E-state index contributed by atoms with van der Waals surface area (Å²) >= 11 is 3.35. The standard InChI is InChI=1S/C13H17BrFNO/c1-8-6-9(15)11(14)10(12(8)17-2)13(7-16)4-3-5-13/h6H,3-5,7,16H2,1-2H3. The minimum absolute atomic E-state index is 0.114. The van der Waals surface area contributed by atoms with Crippen LogP contribution in [0.5, 0.6) is 5.75 Å². The van der Waals surface area contributed by atoms with Gasteiger partial charge in [-0.25, -0.2) is 4.39 Å². The summed E-state index contributed by atoms with van der Waals surface area (Å²) in [6, 6.07) is 1.50. The second-order valence-electron chi connectivity index (χ2n) is 4.74. The lowest BCUT2D eigenvalue weighted by Crippen LogP contribution is -2.42. The Kier molecular flexibility index (Phi) is 3.46. The number of rotatable bonds is 3. The maximum Gasteiger partial charge on any atom is 0.138 e. The first kappa shape index (κ1) is 12.8. The molecule has 2 N–H and O–H groups in total. The molecule has 0 heterocycles. The Hall–Kier alpha value is -0.610. The van der Waals surface area contributed by atoms with Gasteiger partial charge in [0.2, 0.25) is 0 Å². The van der Waals surface area contributed by atoms with Crippen molar-refractivity contribution in [2.24, 2.45) is 5.73 Å². The third-order valence-corrected chi connectivity index (χ3v) is 4.57. The molecule has 2 nitrogen and oxygen atoms in total. The van der Waals surface area contributed by atoms with Gasteiger partial charge in [0.05, 0.1) is 11.6 Å². The lowest BCUT2D eigenvalue weighted by molar-refractivity contribution is 0.240. The van der Waals surface area contributed by atoms with E-state index in [2.05, 4.69) is 15.9 Å². The van der Waals surface area contributed by atoms with Crippen LogP contribution in [0.1, 0.15) is 30.4 Å². The van der Waals surface area contributed by atoms with Gasteiger partial charge in [0.25, 0.3) is 0 Å². The van der Waals surface area contributed by atoms with Crippen LogP contribution in [0.3, 0.4) is 0 Å². The molecule has 2 rings (SSSR count). The zero-order valence-electron chi connectivity index (χ0n) is 10.1. The second kappa shape index (κ2) is 4.58. The predicted octanol–water partition coefficient (Wildman–Crippen LogP) is 3.29. The SMILES string of the molecule is COc1c(C)cc(F)c(Br)c1C1(CN)CCC1. The van der Waals surface area contributed by atoms with E-state index < -0.39 is 0 Å². The first-order chi connectivity index (χ1) is 8.05. The lowest BCUT2D eigenvalue weighted by atomic mass is 9.64. The molecule has 0 atom stereocenters. The fourth-order valence-electron chi connectivity index (χ4n) is 2.63. The molecule has 94 valence electrons. The van der Waals surface area contributed by atoms with Crippen LogP contribution in [-0.2, 0) is 5.41 Å². The van der Waals surface area contributed by atoms with Crippen LogP contribution >= 0.6 is 15.9 Å². The molecule has 0 bridgehead atoms. The Balaban J connectivity index is 2.65. The summed E-state index contributed by atoms with van der Waals surface area (Å²) < 4.78 is 19.8. The molecule has 0 amide bonds. The Morgan fingerprint density at radius 3 is 2.59 bits per heavy atom. The van der Waals surface area contributed by atoms with E-state index in [1.54, 1.807) is 7.11 Å². The van der Waals surface area contributed by atoms with Crippen molar-refractivity contribution in [2.45, 2.75) is 31.6 Å². The number of hydrogen-bond acceptors (Lipinski definition) is 2. The third-order valence-electron chi connectivity index (χ3n) is 3.79. The smallest absolute Gasteiger partial charge is 0.138 e. The van der Waals surface area contributed by atoms with E-state index in [4.69, 9.17) is 10.5 Å². The Bertz CT molecular complexity index is 438. The number of methoxy groups -OCH3 is 1. The molecular formula is C13H17BrFNO. The summed E-state index contributed by atoms with van der Waals surface area (Å²) in [5, 5.41) is 0. The fraction of sp³-hybridized carbons (Fsp3) is 0.538. The Morgan fingerprint density at radius 2 is 2.18 bits per heavy atom. The van der Waals surface area contributed by atoms with E-state index in [1.807, 2.05) is 6.92 Å². The maximum absolute atomic E-state index is 13.8. The highest BCUT2D eigenvalue weighted by Crippen LogP contribution is 2.50. The van der Waals surface area contributed by atoms with Crippen LogP contribution in [0.4, 0.5) is 4.39 Å². The van der Waals surface area contributed by atoms with Gasteiger partial charge in [-0.05, 0) is 47.3 Å². The molecule has 0 aliphatic heterocycles. The molecule has 0 aromatic heterocycles. The Labute approximate surface area is 109 Å². The molecule has 1 aliphatic rings. The molecule has 0 radical (unpaired) electrons. The third kappa shape index (κ3) is 1.87. The van der Waals surface area contributed by atoms with Gasteiger partial charge in [0, 0.05) is 17.5 Å². The highest BCUT2D eigenvalue weighted by Gasteiger charge is 2.42. The van der Waals surface area contributed by atoms with Gasteiger partial charge in [-0.3, -0.25) is 0 Å². The summed E-state index contributed by atoms with van der Waals surface area (Å²) in [5.41, 5.74) is 7.51. The van der Waals surface area contributed by atoms with E-state index in [-0.39, 0.29) is 11.2 Å². The number of halogens is 2. The minimum atomic E-state index is -0.238. The van der Waals surface area contributed by atoms with Crippen LogP contribution in [0.25, 0.3) is 0 Å². The van der Waals surface area contributed by atoms with Crippen molar-refractivity contribution in [1.29, 1.82) is 0 Å². The summed E-state index contributed by atoms with van der Waals surface area (Å²) in [4.78, 5) is 0. The van der Waals surface area contributed by atoms with Gasteiger partial charge in [-0.2, -0.15) is 0 Å². The first-order valence-electron chi connectivity index (χ1n) is 5.79. The van der Waals surface area contributed by atoms with Crippen LogP contribution in [0.15, 0.2) is 10.5 Å². The number of aryl methyl sites for hydroxylation is 1. The van der Waals surface area contributed by atoms with Crippen molar-refractivity contribution < 1.29 is 9.13 Å². The molecule has 1 aliphatic carbocycles. The lowest BCUT2D eigenvalue weighted by Gasteiger charge is -2.43. The molecule has 1 aromatic rings. The highest BCUT2D eigenvalue weighted by molar-refractivity contribution is 9.10. The van der Waals surface area contributed by atoms with Gasteiger partial charge in [-0.15, -0.1) is 0 Å². The van der Waals surface area contributed by atoms with E-state index in [1.165, 1.54) is 6.07 Å². The van der Waals surface area contributed by atoms with Crippen molar-refractivity contribution >= 4 is 15.9 Å². The largest absolute Gasteiger partial charge is 0.496 e. The van der Waals surface area contributed by atoms with Gasteiger partial charge in [0.1, 0.15) is 11.6 Å². The van der Waals surface area contributed by atoms with Gasteiger partial charge in [-0.1, -0.05) is 6.42 Å². The average Bonchev–Trinajstić information content (AvgIpc) is 2.24. The zero-order chi connectivity index (χ0) is 12.6. The topological polar surface area (TPSA) is 35.2 Å². The maximum atomic E-state index is 13.8. The predicted molar refractivity (Wildman–Crippen MR) is 70.0 cm³/mol. The zero-order valence-corrected chi connectivity index (χ0v) is 11.7. The van der Waals surface area contributed by atoms with Gasteiger partial charge >= 0.3 is 0 Å². The first-order valence-corrected chi connectivity index (χ1v) is 6.58. The number of benzene rings is 1. The van der Waals surface area contributed by atoms with E-state index in [0.29, 0.717) is 11.0 Å². The molecule has 1 fully saturated rings. The quantitative estimate of drug-likeness (QED) is 0.930. The van der Waals surface area contributed by atoms with Crippen molar-refractivity contribution in [3.05, 3.63) is 27.5 Å². The van der Waals surface area contributed by atoms with Gasteiger partial charge < -0.3 is 10.5 Å². The van der Waals surface area contributed by atoms with Crippen molar-refractivity contribution in [3.8, 4) is 5.75 Å². The summed E-state index contributed by atoms with van der Waals surface area (Å²) in [7, 11) is 1.62. The molecule has 17 heavy (non-hydrogen) atoms. The Morgan fingerprint density at radius 1 is 1.53 bits per heavy atom. The van der Waals surface area contributed by atoms with E-state index >= 15 is 0 Å². The van der Waals surface area contributed by atoms with Crippen LogP contribution in [0, 0.1) is 12.7 Å². The number of nitrogens with two attached hydrogens (primary N) is 1. The molecule has 0 spiro atoms. The molecule has 0 unspecified atom stereocenters. The molecule has 4 heteroatoms. The monoisotopic (exact) mass is 301 g/mol. The number of ether oxygens (including phenoxy) is 1. The van der Waals surface area contributed by atoms with Crippen molar-refractivity contribution in [1.82, 2.24) is 0 Å². The van der Waals surface area contributed by atoms with Crippen molar-refractivity contribution in [3.63, 3.8) is 0 Å². The summed E-state index contributed by atoms with van der Waals surface area (Å²) in [6.45, 7) is 2.39. The van der Waals surface area contributed by atoms with Crippen LogP contribution < -0.4 is 10.5 Å². The fourth-order valence-corrected chi connectivity index (χ4v) is 3.35. The van der Waals surface area contributed by atoms with Crippen molar-refractivity contribution in [2.75, 3.05) is 13.7 Å². The minimum Gasteiger partial charge on any atom is -0.496 e. The normalized spacial score (nSPS) is 17.7. The summed E-state index contributed by atoms with van der Waals surface area (Å²) in [6.07, 6.45) is 3.14. The molecule has 1 aromatic carbocycles. The second-order valence-corrected chi connectivity index (χ2v) is 5.53. The van der Waals surface area contributed by atoms with E-state index in [9.17, 15) is 4.39 Å². The average molecular weight is 302 g/mol. The molecule has 1 saturated carbocycles. The van der Waals surface area contributed by atoms with E-state index in [0.717, 1.165) is 36.1 Å². The molecular weight excluding hydrogens is 285 g/mol. The highest BCUT2D eigenvalue weighted by atomic mass is 79.9.